The molecular formula is C14H20N2O3S2. The molecule has 3 N–H and O–H groups in total. The number of rotatable bonds is 5. The Bertz CT molecular complexity index is 647. The molecule has 0 atom stereocenters. The second-order valence-corrected chi connectivity index (χ2v) is 8.78. The molecule has 1 aromatic rings. The fourth-order valence-corrected chi connectivity index (χ4v) is 3.94. The number of benzene rings is 1. The monoisotopic (exact) mass is 328 g/mol. The van der Waals surface area contributed by atoms with E-state index < -0.39 is 9.84 Å². The number of sulfone groups is 1. The summed E-state index contributed by atoms with van der Waals surface area (Å²) in [6, 6.07) is 4.23. The number of hydrogen-bond acceptors (Lipinski definition) is 5. The van der Waals surface area contributed by atoms with Crippen molar-refractivity contribution in [3.63, 3.8) is 0 Å². The van der Waals surface area contributed by atoms with Crippen LogP contribution in [0, 0.1) is 0 Å². The molecule has 1 saturated carbocycles. The van der Waals surface area contributed by atoms with Crippen LogP contribution in [0.4, 0.5) is 5.69 Å². The Kier molecular flexibility index (Phi) is 4.53. The standard InChI is InChI=1S/C14H20N2O3S2/c1-20-14(4-3-5-14)9-16-13(17)10-6-11(15)8-12(7-10)21(2,18)19/h6-8H,3-5,9,15H2,1-2H3,(H,16,17). The maximum absolute atomic E-state index is 12.2. The van der Waals surface area contributed by atoms with E-state index in [-0.39, 0.29) is 26.8 Å². The smallest absolute Gasteiger partial charge is 0.251 e. The summed E-state index contributed by atoms with van der Waals surface area (Å²) >= 11 is 1.77. The van der Waals surface area contributed by atoms with Crippen LogP contribution in [0.1, 0.15) is 29.6 Å². The average Bonchev–Trinajstić information content (AvgIpc) is 2.36. The molecule has 5 nitrogen and oxygen atoms in total. The molecule has 7 heteroatoms. The molecule has 1 aliphatic carbocycles. The van der Waals surface area contributed by atoms with Gasteiger partial charge in [-0.15, -0.1) is 0 Å². The molecule has 1 amide bonds. The Labute approximate surface area is 129 Å². The van der Waals surface area contributed by atoms with Gasteiger partial charge in [-0.2, -0.15) is 11.8 Å². The van der Waals surface area contributed by atoms with Gasteiger partial charge in [-0.05, 0) is 37.3 Å². The predicted octanol–water partition coefficient (Wildman–Crippen LogP) is 1.69. The number of nitrogens with one attached hydrogen (secondary N) is 1. The molecule has 0 saturated heterocycles. The van der Waals surface area contributed by atoms with Crippen LogP contribution >= 0.6 is 11.8 Å². The lowest BCUT2D eigenvalue weighted by molar-refractivity contribution is 0.0943. The van der Waals surface area contributed by atoms with Crippen molar-refractivity contribution >= 4 is 33.2 Å². The van der Waals surface area contributed by atoms with E-state index in [2.05, 4.69) is 5.32 Å². The van der Waals surface area contributed by atoms with Crippen LogP contribution in [-0.4, -0.2) is 38.1 Å². The van der Waals surface area contributed by atoms with Crippen LogP contribution in [-0.2, 0) is 9.84 Å². The lowest BCUT2D eigenvalue weighted by atomic mass is 9.84. The molecule has 0 aliphatic heterocycles. The van der Waals surface area contributed by atoms with Crippen molar-refractivity contribution in [2.75, 3.05) is 24.8 Å². The normalized spacial score (nSPS) is 17.0. The number of nitrogens with two attached hydrogens (primary N) is 1. The quantitative estimate of drug-likeness (QED) is 0.803. The van der Waals surface area contributed by atoms with E-state index in [9.17, 15) is 13.2 Å². The Morgan fingerprint density at radius 3 is 2.52 bits per heavy atom. The summed E-state index contributed by atoms with van der Waals surface area (Å²) in [5.74, 6) is -0.285. The summed E-state index contributed by atoms with van der Waals surface area (Å²) in [4.78, 5) is 12.3. The number of thioether (sulfide) groups is 1. The first kappa shape index (κ1) is 16.2. The van der Waals surface area contributed by atoms with Crippen molar-refractivity contribution in [2.45, 2.75) is 28.9 Å². The Balaban J connectivity index is 2.14. The number of amides is 1. The Morgan fingerprint density at radius 1 is 1.38 bits per heavy atom. The fourth-order valence-electron chi connectivity index (χ4n) is 2.33. The average molecular weight is 328 g/mol. The second-order valence-electron chi connectivity index (χ2n) is 5.49. The molecule has 0 heterocycles. The molecule has 1 aliphatic rings. The third-order valence-corrected chi connectivity index (χ3v) is 6.40. The van der Waals surface area contributed by atoms with Gasteiger partial charge in [0.15, 0.2) is 9.84 Å². The highest BCUT2D eigenvalue weighted by Gasteiger charge is 2.36. The SMILES string of the molecule is CSC1(CNC(=O)c2cc(N)cc(S(C)(=O)=O)c2)CCC1. The number of anilines is 1. The third kappa shape index (κ3) is 3.71. The molecule has 0 radical (unpaired) electrons. The molecule has 1 aromatic carbocycles. The highest BCUT2D eigenvalue weighted by Crippen LogP contribution is 2.42. The van der Waals surface area contributed by atoms with Gasteiger partial charge in [0.1, 0.15) is 0 Å². The first-order valence-electron chi connectivity index (χ1n) is 6.70. The molecule has 2 rings (SSSR count). The van der Waals surface area contributed by atoms with Gasteiger partial charge in [0, 0.05) is 28.8 Å². The molecule has 1 fully saturated rings. The molecule has 0 aromatic heterocycles. The minimum absolute atomic E-state index is 0.0656. The number of nitrogen functional groups attached to an aromatic ring is 1. The van der Waals surface area contributed by atoms with Crippen molar-refractivity contribution in [1.29, 1.82) is 0 Å². The molecular weight excluding hydrogens is 308 g/mol. The van der Waals surface area contributed by atoms with Gasteiger partial charge < -0.3 is 11.1 Å². The van der Waals surface area contributed by atoms with Crippen LogP contribution in [0.15, 0.2) is 23.1 Å². The maximum atomic E-state index is 12.2. The van der Waals surface area contributed by atoms with E-state index >= 15 is 0 Å². The molecule has 0 bridgehead atoms. The van der Waals surface area contributed by atoms with Gasteiger partial charge >= 0.3 is 0 Å². The van der Waals surface area contributed by atoms with Crippen molar-refractivity contribution in [3.05, 3.63) is 23.8 Å². The number of carbonyl (C=O) groups excluding carboxylic acids is 1. The Hall–Kier alpha value is -1.21. The lowest BCUT2D eigenvalue weighted by Crippen LogP contribution is -2.45. The lowest BCUT2D eigenvalue weighted by Gasteiger charge is -2.40. The summed E-state index contributed by atoms with van der Waals surface area (Å²) in [5.41, 5.74) is 6.24. The zero-order chi connectivity index (χ0) is 15.7. The van der Waals surface area contributed by atoms with Gasteiger partial charge in [0.25, 0.3) is 5.91 Å². The highest BCUT2D eigenvalue weighted by atomic mass is 32.2. The second kappa shape index (κ2) is 5.88. The third-order valence-electron chi connectivity index (χ3n) is 3.89. The summed E-state index contributed by atoms with van der Waals surface area (Å²) < 4.78 is 23.3. The molecule has 21 heavy (non-hydrogen) atoms. The summed E-state index contributed by atoms with van der Waals surface area (Å²) in [6.45, 7) is 0.593. The van der Waals surface area contributed by atoms with E-state index in [1.807, 2.05) is 6.26 Å². The zero-order valence-electron chi connectivity index (χ0n) is 12.2. The fraction of sp³-hybridized carbons (Fsp3) is 0.500. The van der Waals surface area contributed by atoms with Crippen LogP contribution in [0.5, 0.6) is 0 Å². The minimum Gasteiger partial charge on any atom is -0.399 e. The van der Waals surface area contributed by atoms with Crippen molar-refractivity contribution in [1.82, 2.24) is 5.32 Å². The Morgan fingerprint density at radius 2 is 2.05 bits per heavy atom. The van der Waals surface area contributed by atoms with Crippen molar-refractivity contribution in [2.24, 2.45) is 0 Å². The summed E-state index contributed by atoms with van der Waals surface area (Å²) in [7, 11) is -3.39. The van der Waals surface area contributed by atoms with Crippen LogP contribution in [0.2, 0.25) is 0 Å². The van der Waals surface area contributed by atoms with Crippen LogP contribution in [0.3, 0.4) is 0 Å². The molecule has 0 spiro atoms. The van der Waals surface area contributed by atoms with Crippen LogP contribution in [0.25, 0.3) is 0 Å². The van der Waals surface area contributed by atoms with Gasteiger partial charge in [-0.3, -0.25) is 4.79 Å². The maximum Gasteiger partial charge on any atom is 0.251 e. The van der Waals surface area contributed by atoms with E-state index in [1.54, 1.807) is 11.8 Å². The first-order chi connectivity index (χ1) is 9.76. The summed E-state index contributed by atoms with van der Waals surface area (Å²) in [6.07, 6.45) is 6.53. The minimum atomic E-state index is -3.39. The number of carbonyl (C=O) groups is 1. The predicted molar refractivity (Wildman–Crippen MR) is 86.4 cm³/mol. The summed E-state index contributed by atoms with van der Waals surface area (Å²) in [5, 5.41) is 2.89. The first-order valence-corrected chi connectivity index (χ1v) is 9.81. The zero-order valence-corrected chi connectivity index (χ0v) is 13.8. The number of hydrogen-bond donors (Lipinski definition) is 2. The largest absolute Gasteiger partial charge is 0.399 e. The molecule has 0 unspecified atom stereocenters. The van der Waals surface area contributed by atoms with Crippen molar-refractivity contribution < 1.29 is 13.2 Å². The van der Waals surface area contributed by atoms with Gasteiger partial charge in [-0.1, -0.05) is 6.42 Å². The van der Waals surface area contributed by atoms with Gasteiger partial charge in [0.05, 0.1) is 4.90 Å². The van der Waals surface area contributed by atoms with Gasteiger partial charge in [-0.25, -0.2) is 8.42 Å². The van der Waals surface area contributed by atoms with Crippen LogP contribution < -0.4 is 11.1 Å². The van der Waals surface area contributed by atoms with E-state index in [0.717, 1.165) is 19.1 Å². The highest BCUT2D eigenvalue weighted by molar-refractivity contribution is 8.00. The van der Waals surface area contributed by atoms with Crippen molar-refractivity contribution in [3.8, 4) is 0 Å². The van der Waals surface area contributed by atoms with E-state index in [0.29, 0.717) is 6.54 Å². The topological polar surface area (TPSA) is 89.3 Å². The van der Waals surface area contributed by atoms with E-state index in [4.69, 9.17) is 5.73 Å². The molecule has 116 valence electrons. The van der Waals surface area contributed by atoms with E-state index in [1.165, 1.54) is 24.6 Å². The van der Waals surface area contributed by atoms with Gasteiger partial charge in [0.2, 0.25) is 0 Å².